The highest BCUT2D eigenvalue weighted by Gasteiger charge is 2.47. The number of piperazine rings is 1. The second-order valence-corrected chi connectivity index (χ2v) is 8.10. The van der Waals surface area contributed by atoms with Crippen molar-refractivity contribution in [2.75, 3.05) is 33.3 Å². The Hall–Kier alpha value is -3.36. The number of hydrogen-bond donors (Lipinski definition) is 1. The van der Waals surface area contributed by atoms with Crippen LogP contribution in [0.3, 0.4) is 0 Å². The van der Waals surface area contributed by atoms with Gasteiger partial charge in [0.2, 0.25) is 5.91 Å². The Bertz CT molecular complexity index is 1130. The van der Waals surface area contributed by atoms with Crippen molar-refractivity contribution >= 4 is 16.7 Å². The molecular weight excluding hydrogens is 386 g/mol. The second kappa shape index (κ2) is 8.79. The standard InChI is InChI=1S/C26H27N3O2/c1-26(18-27,25(30)29-16-14-28-15-17-29)24(22-11-5-6-13-23(22)31-2)21-12-7-9-19-8-3-4-10-20(19)21/h3-13,24,28H,14-17H2,1-2H3/t24?,26-/m1/s1. The van der Waals surface area contributed by atoms with Gasteiger partial charge in [0.1, 0.15) is 11.2 Å². The van der Waals surface area contributed by atoms with Gasteiger partial charge >= 0.3 is 0 Å². The number of hydrogen-bond acceptors (Lipinski definition) is 4. The Morgan fingerprint density at radius 3 is 2.42 bits per heavy atom. The number of nitriles is 1. The molecule has 0 radical (unpaired) electrons. The maximum Gasteiger partial charge on any atom is 0.243 e. The van der Waals surface area contributed by atoms with Gasteiger partial charge in [-0.15, -0.1) is 0 Å². The number of para-hydroxylation sites is 1. The summed E-state index contributed by atoms with van der Waals surface area (Å²) in [7, 11) is 1.63. The van der Waals surface area contributed by atoms with Crippen LogP contribution in [0.15, 0.2) is 66.7 Å². The largest absolute Gasteiger partial charge is 0.496 e. The normalized spacial score (nSPS) is 16.9. The van der Waals surface area contributed by atoms with Gasteiger partial charge in [-0.3, -0.25) is 4.79 Å². The molecule has 1 aliphatic rings. The van der Waals surface area contributed by atoms with E-state index in [0.29, 0.717) is 18.8 Å². The van der Waals surface area contributed by atoms with Crippen LogP contribution in [0.4, 0.5) is 0 Å². The number of carbonyl (C=O) groups is 1. The van der Waals surface area contributed by atoms with Gasteiger partial charge in [-0.2, -0.15) is 5.26 Å². The minimum Gasteiger partial charge on any atom is -0.496 e. The van der Waals surface area contributed by atoms with E-state index in [1.165, 1.54) is 0 Å². The Kier molecular flexibility index (Phi) is 5.92. The summed E-state index contributed by atoms with van der Waals surface area (Å²) < 4.78 is 5.68. The molecule has 1 amide bonds. The minimum absolute atomic E-state index is 0.139. The van der Waals surface area contributed by atoms with E-state index in [1.54, 1.807) is 14.0 Å². The van der Waals surface area contributed by atoms with Crippen LogP contribution in [0.2, 0.25) is 0 Å². The first-order valence-electron chi connectivity index (χ1n) is 10.6. The number of methoxy groups -OCH3 is 1. The van der Waals surface area contributed by atoms with Crippen molar-refractivity contribution in [1.29, 1.82) is 5.26 Å². The predicted molar refractivity (Wildman–Crippen MR) is 122 cm³/mol. The molecule has 1 unspecified atom stereocenters. The van der Waals surface area contributed by atoms with E-state index in [1.807, 2.05) is 53.4 Å². The van der Waals surface area contributed by atoms with Gasteiger partial charge in [-0.1, -0.05) is 60.7 Å². The number of nitrogens with zero attached hydrogens (tertiary/aromatic N) is 2. The molecule has 1 heterocycles. The highest BCUT2D eigenvalue weighted by Crippen LogP contribution is 2.47. The molecule has 2 atom stereocenters. The Labute approximate surface area is 183 Å². The third kappa shape index (κ3) is 3.75. The first kappa shape index (κ1) is 20.9. The van der Waals surface area contributed by atoms with Crippen molar-refractivity contribution in [3.05, 3.63) is 77.9 Å². The number of amides is 1. The van der Waals surface area contributed by atoms with Crippen molar-refractivity contribution in [2.24, 2.45) is 5.41 Å². The number of carbonyl (C=O) groups excluding carboxylic acids is 1. The molecule has 158 valence electrons. The third-order valence-corrected chi connectivity index (χ3v) is 6.24. The SMILES string of the molecule is COc1ccccc1C(c1cccc2ccccc12)[C@@](C)(C#N)C(=O)N1CCNCC1. The lowest BCUT2D eigenvalue weighted by Crippen LogP contribution is -2.52. The fourth-order valence-corrected chi connectivity index (χ4v) is 4.63. The summed E-state index contributed by atoms with van der Waals surface area (Å²) in [4.78, 5) is 15.6. The fourth-order valence-electron chi connectivity index (χ4n) is 4.63. The number of benzene rings is 3. The molecule has 1 N–H and O–H groups in total. The van der Waals surface area contributed by atoms with Crippen LogP contribution in [-0.2, 0) is 4.79 Å². The number of ether oxygens (including phenoxy) is 1. The molecule has 0 bridgehead atoms. The number of nitrogens with one attached hydrogen (secondary N) is 1. The zero-order chi connectivity index (χ0) is 21.8. The maximum atomic E-state index is 13.8. The Morgan fingerprint density at radius 1 is 1.03 bits per heavy atom. The van der Waals surface area contributed by atoms with Gasteiger partial charge in [0, 0.05) is 37.7 Å². The number of rotatable bonds is 5. The minimum atomic E-state index is -1.30. The summed E-state index contributed by atoms with van der Waals surface area (Å²) in [5, 5.41) is 15.9. The molecular formula is C26H27N3O2. The van der Waals surface area contributed by atoms with Crippen molar-refractivity contribution < 1.29 is 9.53 Å². The van der Waals surface area contributed by atoms with Crippen LogP contribution in [-0.4, -0.2) is 44.1 Å². The molecule has 3 aromatic rings. The summed E-state index contributed by atoms with van der Waals surface area (Å²) in [5.41, 5.74) is 0.500. The summed E-state index contributed by atoms with van der Waals surface area (Å²) >= 11 is 0. The molecule has 0 aliphatic carbocycles. The molecule has 0 spiro atoms. The van der Waals surface area contributed by atoms with E-state index >= 15 is 0 Å². The lowest BCUT2D eigenvalue weighted by molar-refractivity contribution is -0.139. The van der Waals surface area contributed by atoms with E-state index in [-0.39, 0.29) is 5.91 Å². The fraction of sp³-hybridized carbons (Fsp3) is 0.308. The molecule has 3 aromatic carbocycles. The summed E-state index contributed by atoms with van der Waals surface area (Å²) in [5.74, 6) is 0.0532. The van der Waals surface area contributed by atoms with Gasteiger partial charge in [0.25, 0.3) is 0 Å². The maximum absolute atomic E-state index is 13.8. The van der Waals surface area contributed by atoms with E-state index in [2.05, 4.69) is 29.6 Å². The average molecular weight is 414 g/mol. The van der Waals surface area contributed by atoms with Crippen LogP contribution >= 0.6 is 0 Å². The first-order chi connectivity index (χ1) is 15.1. The van der Waals surface area contributed by atoms with Crippen LogP contribution in [0.5, 0.6) is 5.75 Å². The molecule has 5 nitrogen and oxygen atoms in total. The van der Waals surface area contributed by atoms with Gasteiger partial charge in [-0.05, 0) is 29.3 Å². The van der Waals surface area contributed by atoms with Crippen molar-refractivity contribution in [3.63, 3.8) is 0 Å². The third-order valence-electron chi connectivity index (χ3n) is 6.24. The smallest absolute Gasteiger partial charge is 0.243 e. The van der Waals surface area contributed by atoms with Crippen LogP contribution in [0.25, 0.3) is 10.8 Å². The molecule has 1 fully saturated rings. The molecule has 31 heavy (non-hydrogen) atoms. The monoisotopic (exact) mass is 413 g/mol. The average Bonchev–Trinajstić information content (AvgIpc) is 2.84. The van der Waals surface area contributed by atoms with E-state index in [0.717, 1.165) is 35.0 Å². The van der Waals surface area contributed by atoms with Gasteiger partial charge < -0.3 is 15.0 Å². The highest BCUT2D eigenvalue weighted by atomic mass is 16.5. The summed E-state index contributed by atoms with van der Waals surface area (Å²) in [6, 6.07) is 24.3. The predicted octanol–water partition coefficient (Wildman–Crippen LogP) is 3.94. The number of fused-ring (bicyclic) bond motifs is 1. The topological polar surface area (TPSA) is 65.4 Å². The quantitative estimate of drug-likeness (QED) is 0.688. The Morgan fingerprint density at radius 2 is 1.68 bits per heavy atom. The zero-order valence-corrected chi connectivity index (χ0v) is 18.0. The lowest BCUT2D eigenvalue weighted by atomic mass is 9.68. The molecule has 1 aliphatic heterocycles. The van der Waals surface area contributed by atoms with Crippen molar-refractivity contribution in [2.45, 2.75) is 12.8 Å². The molecule has 1 saturated heterocycles. The molecule has 4 rings (SSSR count). The molecule has 5 heteroatoms. The second-order valence-electron chi connectivity index (χ2n) is 8.10. The molecule has 0 aromatic heterocycles. The summed E-state index contributed by atoms with van der Waals surface area (Å²) in [6.07, 6.45) is 0. The first-order valence-corrected chi connectivity index (χ1v) is 10.6. The highest BCUT2D eigenvalue weighted by molar-refractivity contribution is 5.91. The molecule has 0 saturated carbocycles. The Balaban J connectivity index is 1.96. The van der Waals surface area contributed by atoms with E-state index in [9.17, 15) is 10.1 Å². The van der Waals surface area contributed by atoms with Crippen LogP contribution in [0.1, 0.15) is 24.0 Å². The van der Waals surface area contributed by atoms with E-state index < -0.39 is 11.3 Å². The van der Waals surface area contributed by atoms with Crippen molar-refractivity contribution in [3.8, 4) is 11.8 Å². The van der Waals surface area contributed by atoms with Crippen LogP contribution < -0.4 is 10.1 Å². The van der Waals surface area contributed by atoms with Gasteiger partial charge in [0.05, 0.1) is 13.2 Å². The van der Waals surface area contributed by atoms with Crippen molar-refractivity contribution in [1.82, 2.24) is 10.2 Å². The zero-order valence-electron chi connectivity index (χ0n) is 18.0. The lowest BCUT2D eigenvalue weighted by Gasteiger charge is -2.38. The van der Waals surface area contributed by atoms with E-state index in [4.69, 9.17) is 4.74 Å². The van der Waals surface area contributed by atoms with Crippen LogP contribution in [0, 0.1) is 16.7 Å². The van der Waals surface area contributed by atoms with Gasteiger partial charge in [0.15, 0.2) is 0 Å². The van der Waals surface area contributed by atoms with Gasteiger partial charge in [-0.25, -0.2) is 0 Å². The summed E-state index contributed by atoms with van der Waals surface area (Å²) in [6.45, 7) is 4.45.